The van der Waals surface area contributed by atoms with Gasteiger partial charge in [0.25, 0.3) is 0 Å². The quantitative estimate of drug-likeness (QED) is 0.920. The van der Waals surface area contributed by atoms with Crippen molar-refractivity contribution in [1.82, 2.24) is 4.90 Å². The molecule has 1 saturated heterocycles. The zero-order chi connectivity index (χ0) is 16.2. The van der Waals surface area contributed by atoms with E-state index in [9.17, 15) is 9.90 Å². The summed E-state index contributed by atoms with van der Waals surface area (Å²) in [5.74, 6) is 0.0636. The average molecular weight is 311 g/mol. The Morgan fingerprint density at radius 1 is 1.13 bits per heavy atom. The van der Waals surface area contributed by atoms with Crippen molar-refractivity contribution in [3.8, 4) is 5.75 Å². The summed E-state index contributed by atoms with van der Waals surface area (Å²) in [5, 5.41) is 9.55. The van der Waals surface area contributed by atoms with Crippen molar-refractivity contribution in [3.63, 3.8) is 0 Å². The highest BCUT2D eigenvalue weighted by molar-refractivity contribution is 5.74. The smallest absolute Gasteiger partial charge is 0.320 e. The molecule has 1 N–H and O–H groups in total. The van der Waals surface area contributed by atoms with E-state index in [1.165, 1.54) is 0 Å². The van der Waals surface area contributed by atoms with Gasteiger partial charge in [0, 0.05) is 6.54 Å². The number of likely N-dealkylation sites (tertiary alicyclic amines) is 1. The SMILES string of the molecule is COc1ccc(C(c2ccccc2)N2CCCC2C(=O)O)cc1. The summed E-state index contributed by atoms with van der Waals surface area (Å²) in [5.41, 5.74) is 2.20. The highest BCUT2D eigenvalue weighted by Crippen LogP contribution is 2.35. The molecule has 3 rings (SSSR count). The van der Waals surface area contributed by atoms with Crippen LogP contribution in [0.2, 0.25) is 0 Å². The second-order valence-electron chi connectivity index (χ2n) is 5.82. The number of aliphatic carboxylic acids is 1. The molecular formula is C19H21NO3. The largest absolute Gasteiger partial charge is 0.497 e. The van der Waals surface area contributed by atoms with Crippen molar-refractivity contribution in [3.05, 3.63) is 65.7 Å². The summed E-state index contributed by atoms with van der Waals surface area (Å²) in [7, 11) is 1.64. The molecular weight excluding hydrogens is 290 g/mol. The predicted molar refractivity (Wildman–Crippen MR) is 88.6 cm³/mol. The molecule has 0 radical (unpaired) electrons. The first-order chi connectivity index (χ1) is 11.2. The molecule has 4 heteroatoms. The van der Waals surface area contributed by atoms with E-state index in [2.05, 4.69) is 17.0 Å². The minimum Gasteiger partial charge on any atom is -0.497 e. The maximum absolute atomic E-state index is 11.6. The molecule has 23 heavy (non-hydrogen) atoms. The van der Waals surface area contributed by atoms with E-state index in [1.54, 1.807) is 7.11 Å². The third-order valence-corrected chi connectivity index (χ3v) is 4.46. The maximum atomic E-state index is 11.6. The Balaban J connectivity index is 2.01. The molecule has 0 saturated carbocycles. The molecule has 0 amide bonds. The van der Waals surface area contributed by atoms with Gasteiger partial charge in [-0.25, -0.2) is 0 Å². The lowest BCUT2D eigenvalue weighted by Crippen LogP contribution is -2.39. The number of hydrogen-bond acceptors (Lipinski definition) is 3. The van der Waals surface area contributed by atoms with Gasteiger partial charge in [-0.2, -0.15) is 0 Å². The molecule has 0 bridgehead atoms. The first kappa shape index (κ1) is 15.6. The van der Waals surface area contributed by atoms with Crippen molar-refractivity contribution in [2.45, 2.75) is 24.9 Å². The van der Waals surface area contributed by atoms with Gasteiger partial charge in [-0.3, -0.25) is 9.69 Å². The van der Waals surface area contributed by atoms with Crippen LogP contribution in [0.1, 0.15) is 30.0 Å². The van der Waals surface area contributed by atoms with Gasteiger partial charge in [0.2, 0.25) is 0 Å². The van der Waals surface area contributed by atoms with Crippen LogP contribution in [-0.2, 0) is 4.79 Å². The van der Waals surface area contributed by atoms with E-state index < -0.39 is 12.0 Å². The maximum Gasteiger partial charge on any atom is 0.320 e. The van der Waals surface area contributed by atoms with Crippen LogP contribution >= 0.6 is 0 Å². The molecule has 4 nitrogen and oxygen atoms in total. The Labute approximate surface area is 136 Å². The summed E-state index contributed by atoms with van der Waals surface area (Å²) in [6.45, 7) is 0.794. The first-order valence-corrected chi connectivity index (χ1v) is 7.88. The second kappa shape index (κ2) is 6.84. The molecule has 2 aromatic rings. The topological polar surface area (TPSA) is 49.8 Å². The number of ether oxygens (including phenoxy) is 1. The number of carbonyl (C=O) groups is 1. The molecule has 0 aromatic heterocycles. The van der Waals surface area contributed by atoms with Gasteiger partial charge in [0.05, 0.1) is 13.2 Å². The number of rotatable bonds is 5. The van der Waals surface area contributed by atoms with Gasteiger partial charge in [0.1, 0.15) is 11.8 Å². The summed E-state index contributed by atoms with van der Waals surface area (Å²) >= 11 is 0. The van der Waals surface area contributed by atoms with Crippen LogP contribution in [-0.4, -0.2) is 35.7 Å². The lowest BCUT2D eigenvalue weighted by atomic mass is 9.96. The second-order valence-corrected chi connectivity index (χ2v) is 5.82. The Hall–Kier alpha value is -2.33. The Morgan fingerprint density at radius 3 is 2.39 bits per heavy atom. The summed E-state index contributed by atoms with van der Waals surface area (Å²) in [4.78, 5) is 13.7. The predicted octanol–water partition coefficient (Wildman–Crippen LogP) is 3.33. The van der Waals surface area contributed by atoms with Crippen molar-refractivity contribution in [2.24, 2.45) is 0 Å². The Kier molecular flexibility index (Phi) is 4.63. The van der Waals surface area contributed by atoms with E-state index in [4.69, 9.17) is 4.74 Å². The minimum atomic E-state index is -0.739. The van der Waals surface area contributed by atoms with E-state index in [0.29, 0.717) is 6.42 Å². The van der Waals surface area contributed by atoms with Crippen LogP contribution < -0.4 is 4.74 Å². The van der Waals surface area contributed by atoms with Crippen LogP contribution in [0.15, 0.2) is 54.6 Å². The van der Waals surface area contributed by atoms with Gasteiger partial charge in [0.15, 0.2) is 0 Å². The summed E-state index contributed by atoms with van der Waals surface area (Å²) in [6, 6.07) is 17.5. The van der Waals surface area contributed by atoms with Crippen LogP contribution in [0.3, 0.4) is 0 Å². The summed E-state index contributed by atoms with van der Waals surface area (Å²) in [6.07, 6.45) is 1.62. The lowest BCUT2D eigenvalue weighted by molar-refractivity contribution is -0.142. The van der Waals surface area contributed by atoms with E-state index in [1.807, 2.05) is 42.5 Å². The van der Waals surface area contributed by atoms with Gasteiger partial charge in [-0.05, 0) is 36.1 Å². The molecule has 120 valence electrons. The van der Waals surface area contributed by atoms with Gasteiger partial charge < -0.3 is 9.84 Å². The van der Waals surface area contributed by atoms with Crippen LogP contribution in [0, 0.1) is 0 Å². The van der Waals surface area contributed by atoms with Crippen molar-refractivity contribution in [2.75, 3.05) is 13.7 Å². The fourth-order valence-electron chi connectivity index (χ4n) is 3.36. The summed E-state index contributed by atoms with van der Waals surface area (Å²) < 4.78 is 5.23. The third kappa shape index (κ3) is 3.22. The standard InChI is InChI=1S/C19H21NO3/c1-23-16-11-9-15(10-12-16)18(14-6-3-2-4-7-14)20-13-5-8-17(20)19(21)22/h2-4,6-7,9-12,17-18H,5,8,13H2,1H3,(H,21,22). The molecule has 2 atom stereocenters. The molecule has 1 aliphatic rings. The zero-order valence-electron chi connectivity index (χ0n) is 13.2. The molecule has 1 fully saturated rings. The van der Waals surface area contributed by atoms with E-state index in [0.717, 1.165) is 29.8 Å². The number of nitrogens with zero attached hydrogens (tertiary/aromatic N) is 1. The van der Waals surface area contributed by atoms with E-state index in [-0.39, 0.29) is 6.04 Å². The van der Waals surface area contributed by atoms with Crippen molar-refractivity contribution >= 4 is 5.97 Å². The fourth-order valence-corrected chi connectivity index (χ4v) is 3.36. The Morgan fingerprint density at radius 2 is 1.78 bits per heavy atom. The van der Waals surface area contributed by atoms with Gasteiger partial charge >= 0.3 is 5.97 Å². The van der Waals surface area contributed by atoms with Crippen LogP contribution in [0.25, 0.3) is 0 Å². The lowest BCUT2D eigenvalue weighted by Gasteiger charge is -2.32. The van der Waals surface area contributed by atoms with Crippen LogP contribution in [0.5, 0.6) is 5.75 Å². The highest BCUT2D eigenvalue weighted by Gasteiger charge is 2.36. The molecule has 1 heterocycles. The molecule has 2 aromatic carbocycles. The molecule has 0 spiro atoms. The zero-order valence-corrected chi connectivity index (χ0v) is 13.2. The van der Waals surface area contributed by atoms with E-state index >= 15 is 0 Å². The molecule has 1 aliphatic heterocycles. The number of carboxylic acid groups (broad SMARTS) is 1. The van der Waals surface area contributed by atoms with Gasteiger partial charge in [-0.1, -0.05) is 42.5 Å². The minimum absolute atomic E-state index is 0.0503. The number of hydrogen-bond donors (Lipinski definition) is 1. The number of carboxylic acids is 1. The first-order valence-electron chi connectivity index (χ1n) is 7.88. The normalized spacial score (nSPS) is 19.4. The Bertz CT molecular complexity index is 654. The molecule has 2 unspecified atom stereocenters. The van der Waals surface area contributed by atoms with Crippen molar-refractivity contribution < 1.29 is 14.6 Å². The van der Waals surface area contributed by atoms with Crippen LogP contribution in [0.4, 0.5) is 0 Å². The average Bonchev–Trinajstić information content (AvgIpc) is 3.06. The fraction of sp³-hybridized carbons (Fsp3) is 0.316. The number of benzene rings is 2. The number of methoxy groups -OCH3 is 1. The van der Waals surface area contributed by atoms with Gasteiger partial charge in [-0.15, -0.1) is 0 Å². The third-order valence-electron chi connectivity index (χ3n) is 4.46. The van der Waals surface area contributed by atoms with Crippen molar-refractivity contribution in [1.29, 1.82) is 0 Å². The monoisotopic (exact) mass is 311 g/mol. The molecule has 0 aliphatic carbocycles. The highest BCUT2D eigenvalue weighted by atomic mass is 16.5.